The van der Waals surface area contributed by atoms with E-state index in [1.54, 1.807) is 13.0 Å². The van der Waals surface area contributed by atoms with Crippen molar-refractivity contribution in [2.24, 2.45) is 0 Å². The molecule has 0 saturated heterocycles. The Labute approximate surface area is 72.7 Å². The van der Waals surface area contributed by atoms with Crippen LogP contribution < -0.4 is 5.48 Å². The number of nitrogens with one attached hydrogen (secondary N) is 1. The van der Waals surface area contributed by atoms with Crippen molar-refractivity contribution in [2.45, 2.75) is 38.7 Å². The molecule has 3 heteroatoms. The molecule has 0 aliphatic heterocycles. The van der Waals surface area contributed by atoms with Gasteiger partial charge < -0.3 is 0 Å². The van der Waals surface area contributed by atoms with Gasteiger partial charge in [0.05, 0.1) is 6.10 Å². The molecular formula is C9H15NO2. The van der Waals surface area contributed by atoms with Gasteiger partial charge >= 0.3 is 0 Å². The quantitative estimate of drug-likeness (QED) is 0.514. The number of allylic oxidation sites excluding steroid dienone is 1. The molecule has 0 aromatic heterocycles. The van der Waals surface area contributed by atoms with E-state index < -0.39 is 0 Å². The summed E-state index contributed by atoms with van der Waals surface area (Å²) >= 11 is 0. The van der Waals surface area contributed by atoms with Crippen LogP contribution in [-0.4, -0.2) is 12.0 Å². The van der Waals surface area contributed by atoms with Crippen LogP contribution >= 0.6 is 0 Å². The Morgan fingerprint density at radius 1 is 1.50 bits per heavy atom. The highest BCUT2D eigenvalue weighted by atomic mass is 16.7. The van der Waals surface area contributed by atoms with Crippen LogP contribution in [0.25, 0.3) is 0 Å². The minimum Gasteiger partial charge on any atom is -0.270 e. The van der Waals surface area contributed by atoms with Gasteiger partial charge in [-0.05, 0) is 19.8 Å². The predicted octanol–water partition coefficient (Wildman–Crippen LogP) is 1.55. The molecule has 0 aromatic rings. The summed E-state index contributed by atoms with van der Waals surface area (Å²) in [4.78, 5) is 16.0. The van der Waals surface area contributed by atoms with Gasteiger partial charge in [0.15, 0.2) is 0 Å². The molecular weight excluding hydrogens is 154 g/mol. The summed E-state index contributed by atoms with van der Waals surface area (Å²) in [5.41, 5.74) is 2.40. The van der Waals surface area contributed by atoms with Crippen LogP contribution in [0.4, 0.5) is 0 Å². The molecule has 0 radical (unpaired) electrons. The highest BCUT2D eigenvalue weighted by Gasteiger charge is 2.15. The molecule has 1 aliphatic carbocycles. The summed E-state index contributed by atoms with van der Waals surface area (Å²) in [5, 5.41) is 0. The number of carbonyl (C=O) groups is 1. The van der Waals surface area contributed by atoms with Gasteiger partial charge in [-0.25, -0.2) is 5.48 Å². The average molecular weight is 169 g/mol. The predicted molar refractivity (Wildman–Crippen MR) is 46.3 cm³/mol. The highest BCUT2D eigenvalue weighted by Crippen LogP contribution is 2.19. The maximum Gasteiger partial charge on any atom is 0.267 e. The van der Waals surface area contributed by atoms with Crippen molar-refractivity contribution in [1.29, 1.82) is 0 Å². The Morgan fingerprint density at radius 2 is 2.17 bits per heavy atom. The van der Waals surface area contributed by atoms with Gasteiger partial charge in [0.1, 0.15) is 0 Å². The van der Waals surface area contributed by atoms with Crippen LogP contribution in [-0.2, 0) is 9.63 Å². The van der Waals surface area contributed by atoms with Crippen LogP contribution in [0.2, 0.25) is 0 Å². The zero-order chi connectivity index (χ0) is 8.81. The second kappa shape index (κ2) is 4.93. The largest absolute Gasteiger partial charge is 0.270 e. The molecule has 1 aliphatic rings. The van der Waals surface area contributed by atoms with Gasteiger partial charge in [0, 0.05) is 6.08 Å². The molecule has 1 fully saturated rings. The van der Waals surface area contributed by atoms with E-state index in [1.165, 1.54) is 18.9 Å². The fourth-order valence-electron chi connectivity index (χ4n) is 1.33. The molecule has 3 nitrogen and oxygen atoms in total. The van der Waals surface area contributed by atoms with Crippen LogP contribution in [0.15, 0.2) is 12.2 Å². The van der Waals surface area contributed by atoms with Gasteiger partial charge in [-0.3, -0.25) is 9.63 Å². The van der Waals surface area contributed by atoms with E-state index in [2.05, 4.69) is 5.48 Å². The molecule has 68 valence electrons. The summed E-state index contributed by atoms with van der Waals surface area (Å²) in [6.45, 7) is 1.80. The third-order valence-electron chi connectivity index (χ3n) is 1.95. The number of amides is 1. The molecule has 0 spiro atoms. The van der Waals surface area contributed by atoms with E-state index in [0.29, 0.717) is 0 Å². The van der Waals surface area contributed by atoms with Crippen molar-refractivity contribution in [3.05, 3.63) is 12.2 Å². The standard InChI is InChI=1S/C9H15NO2/c1-2-5-9(11)10-12-8-6-3-4-7-8/h2,5,8H,3-4,6-7H2,1H3,(H,10,11)/b5-2+. The number of carbonyl (C=O) groups excluding carboxylic acids is 1. The van der Waals surface area contributed by atoms with Gasteiger partial charge in [0.2, 0.25) is 0 Å². The van der Waals surface area contributed by atoms with E-state index >= 15 is 0 Å². The number of hydroxylamine groups is 1. The molecule has 0 unspecified atom stereocenters. The van der Waals surface area contributed by atoms with Gasteiger partial charge in [-0.15, -0.1) is 0 Å². The summed E-state index contributed by atoms with van der Waals surface area (Å²) in [6.07, 6.45) is 7.93. The van der Waals surface area contributed by atoms with Crippen molar-refractivity contribution < 1.29 is 9.63 Å². The van der Waals surface area contributed by atoms with E-state index in [4.69, 9.17) is 4.84 Å². The Bertz CT molecular complexity index is 171. The molecule has 1 rings (SSSR count). The summed E-state index contributed by atoms with van der Waals surface area (Å²) in [6, 6.07) is 0. The zero-order valence-electron chi connectivity index (χ0n) is 7.38. The molecule has 0 heterocycles. The Balaban J connectivity index is 2.11. The van der Waals surface area contributed by atoms with Crippen molar-refractivity contribution >= 4 is 5.91 Å². The maximum atomic E-state index is 10.9. The topological polar surface area (TPSA) is 38.3 Å². The van der Waals surface area contributed by atoms with Crippen molar-refractivity contribution in [2.75, 3.05) is 0 Å². The van der Waals surface area contributed by atoms with E-state index in [1.807, 2.05) is 0 Å². The first-order chi connectivity index (χ1) is 5.83. The molecule has 12 heavy (non-hydrogen) atoms. The average Bonchev–Trinajstić information content (AvgIpc) is 2.53. The van der Waals surface area contributed by atoms with Gasteiger partial charge in [-0.2, -0.15) is 0 Å². The number of hydrogen-bond acceptors (Lipinski definition) is 2. The number of rotatable bonds is 3. The van der Waals surface area contributed by atoms with Crippen molar-refractivity contribution in [3.8, 4) is 0 Å². The minimum absolute atomic E-state index is 0.176. The van der Waals surface area contributed by atoms with E-state index in [9.17, 15) is 4.79 Å². The second-order valence-corrected chi connectivity index (χ2v) is 2.99. The van der Waals surface area contributed by atoms with Crippen LogP contribution in [0.3, 0.4) is 0 Å². The van der Waals surface area contributed by atoms with Crippen LogP contribution in [0.1, 0.15) is 32.6 Å². The molecule has 0 bridgehead atoms. The first-order valence-electron chi connectivity index (χ1n) is 4.41. The molecule has 1 amide bonds. The lowest BCUT2D eigenvalue weighted by atomic mass is 10.3. The van der Waals surface area contributed by atoms with Crippen molar-refractivity contribution in [1.82, 2.24) is 5.48 Å². The highest BCUT2D eigenvalue weighted by molar-refractivity contribution is 5.86. The normalized spacial score (nSPS) is 18.8. The molecule has 0 atom stereocenters. The lowest BCUT2D eigenvalue weighted by Gasteiger charge is -2.09. The van der Waals surface area contributed by atoms with E-state index in [0.717, 1.165) is 12.8 Å². The van der Waals surface area contributed by atoms with E-state index in [-0.39, 0.29) is 12.0 Å². The minimum atomic E-state index is -0.176. The van der Waals surface area contributed by atoms with Crippen LogP contribution in [0.5, 0.6) is 0 Å². The Morgan fingerprint density at radius 3 is 2.75 bits per heavy atom. The number of hydrogen-bond donors (Lipinski definition) is 1. The van der Waals surface area contributed by atoms with Gasteiger partial charge in [-0.1, -0.05) is 18.9 Å². The second-order valence-electron chi connectivity index (χ2n) is 2.99. The lowest BCUT2D eigenvalue weighted by molar-refractivity contribution is -0.133. The molecule has 1 N–H and O–H groups in total. The molecule has 1 saturated carbocycles. The molecule has 0 aromatic carbocycles. The van der Waals surface area contributed by atoms with Crippen LogP contribution in [0, 0.1) is 0 Å². The maximum absolute atomic E-state index is 10.9. The Kier molecular flexibility index (Phi) is 3.80. The fraction of sp³-hybridized carbons (Fsp3) is 0.667. The monoisotopic (exact) mass is 169 g/mol. The summed E-state index contributed by atoms with van der Waals surface area (Å²) in [7, 11) is 0. The third-order valence-corrected chi connectivity index (χ3v) is 1.95. The summed E-state index contributed by atoms with van der Waals surface area (Å²) < 4.78 is 0. The van der Waals surface area contributed by atoms with Gasteiger partial charge in [0.25, 0.3) is 5.91 Å². The zero-order valence-corrected chi connectivity index (χ0v) is 7.38. The first kappa shape index (κ1) is 9.26. The third kappa shape index (κ3) is 3.05. The Hall–Kier alpha value is -0.830. The summed E-state index contributed by atoms with van der Waals surface area (Å²) in [5.74, 6) is -0.176. The SMILES string of the molecule is C/C=C/C(=O)NOC1CCCC1. The van der Waals surface area contributed by atoms with Crippen molar-refractivity contribution in [3.63, 3.8) is 0 Å². The first-order valence-corrected chi connectivity index (χ1v) is 4.41. The fourth-order valence-corrected chi connectivity index (χ4v) is 1.33. The lowest BCUT2D eigenvalue weighted by Crippen LogP contribution is -2.26. The smallest absolute Gasteiger partial charge is 0.267 e.